The lowest BCUT2D eigenvalue weighted by atomic mass is 9.85. The maximum Gasteiger partial charge on any atom is 0.182 e. The molecular formula is C30H21N3. The molecular weight excluding hydrogens is 402 g/mol. The number of benzene rings is 4. The number of hydrogen-bond acceptors (Lipinski definition) is 2. The van der Waals surface area contributed by atoms with Gasteiger partial charge in [0.2, 0.25) is 0 Å². The normalized spacial score (nSPS) is 11.0. The fourth-order valence-corrected chi connectivity index (χ4v) is 4.40. The molecule has 6 aromatic rings. The van der Waals surface area contributed by atoms with Crippen LogP contribution in [0.15, 0.2) is 128 Å². The van der Waals surface area contributed by atoms with E-state index in [1.54, 1.807) is 0 Å². The van der Waals surface area contributed by atoms with Crippen LogP contribution in [0.1, 0.15) is 0 Å². The first-order chi connectivity index (χ1) is 16.4. The molecule has 0 amide bonds. The molecule has 0 aliphatic rings. The van der Waals surface area contributed by atoms with E-state index < -0.39 is 0 Å². The van der Waals surface area contributed by atoms with Crippen LogP contribution in [0.2, 0.25) is 0 Å². The van der Waals surface area contributed by atoms with Crippen LogP contribution >= 0.6 is 0 Å². The third kappa shape index (κ3) is 3.50. The van der Waals surface area contributed by atoms with Gasteiger partial charge in [-0.2, -0.15) is 0 Å². The molecule has 0 bridgehead atoms. The topological polar surface area (TPSA) is 30.2 Å². The quantitative estimate of drug-likeness (QED) is 0.296. The zero-order chi connectivity index (χ0) is 22.0. The van der Waals surface area contributed by atoms with Crippen LogP contribution in [0.25, 0.3) is 50.4 Å². The van der Waals surface area contributed by atoms with Gasteiger partial charge in [0.25, 0.3) is 0 Å². The SMILES string of the molecule is c1ccc(-c2cccc(-c3ccccc3)c2-c2ccccc2-c2nc3ccccn3n2)cc1. The number of aromatic nitrogens is 3. The fourth-order valence-electron chi connectivity index (χ4n) is 4.40. The molecule has 0 spiro atoms. The van der Waals surface area contributed by atoms with E-state index in [-0.39, 0.29) is 0 Å². The fraction of sp³-hybridized carbons (Fsp3) is 0. The van der Waals surface area contributed by atoms with E-state index in [0.29, 0.717) is 0 Å². The number of hydrogen-bond donors (Lipinski definition) is 0. The van der Waals surface area contributed by atoms with Crippen LogP contribution in [-0.2, 0) is 0 Å². The first kappa shape index (κ1) is 19.2. The zero-order valence-electron chi connectivity index (χ0n) is 18.0. The summed E-state index contributed by atoms with van der Waals surface area (Å²) in [6.07, 6.45) is 1.93. The van der Waals surface area contributed by atoms with Gasteiger partial charge in [0.15, 0.2) is 11.5 Å². The van der Waals surface area contributed by atoms with Crippen molar-refractivity contribution in [3.05, 3.63) is 128 Å². The molecule has 0 saturated heterocycles. The van der Waals surface area contributed by atoms with Crippen molar-refractivity contribution < 1.29 is 0 Å². The van der Waals surface area contributed by atoms with Crippen molar-refractivity contribution in [3.8, 4) is 44.8 Å². The van der Waals surface area contributed by atoms with Crippen molar-refractivity contribution in [1.29, 1.82) is 0 Å². The van der Waals surface area contributed by atoms with Crippen molar-refractivity contribution in [2.75, 3.05) is 0 Å². The van der Waals surface area contributed by atoms with Crippen LogP contribution in [0.3, 0.4) is 0 Å². The minimum Gasteiger partial charge on any atom is -0.221 e. The van der Waals surface area contributed by atoms with E-state index in [9.17, 15) is 0 Å². The van der Waals surface area contributed by atoms with E-state index in [1.165, 1.54) is 27.8 Å². The van der Waals surface area contributed by atoms with Gasteiger partial charge in [-0.3, -0.25) is 0 Å². The molecule has 33 heavy (non-hydrogen) atoms. The lowest BCUT2D eigenvalue weighted by Crippen LogP contribution is -1.94. The molecule has 0 atom stereocenters. The van der Waals surface area contributed by atoms with Crippen LogP contribution in [0.5, 0.6) is 0 Å². The summed E-state index contributed by atoms with van der Waals surface area (Å²) in [5.41, 5.74) is 8.90. The van der Waals surface area contributed by atoms with Crippen molar-refractivity contribution in [1.82, 2.24) is 14.6 Å². The Bertz CT molecular complexity index is 1460. The van der Waals surface area contributed by atoms with Crippen molar-refractivity contribution in [2.45, 2.75) is 0 Å². The summed E-state index contributed by atoms with van der Waals surface area (Å²) in [4.78, 5) is 4.83. The average molecular weight is 424 g/mol. The highest BCUT2D eigenvalue weighted by atomic mass is 15.3. The molecule has 2 heterocycles. The molecule has 2 aromatic heterocycles. The smallest absolute Gasteiger partial charge is 0.182 e. The van der Waals surface area contributed by atoms with Crippen molar-refractivity contribution in [3.63, 3.8) is 0 Å². The Hall–Kier alpha value is -4.50. The summed E-state index contributed by atoms with van der Waals surface area (Å²) in [6.45, 7) is 0. The number of fused-ring (bicyclic) bond motifs is 1. The van der Waals surface area contributed by atoms with E-state index in [0.717, 1.165) is 22.6 Å². The average Bonchev–Trinajstić information content (AvgIpc) is 3.34. The van der Waals surface area contributed by atoms with Gasteiger partial charge in [-0.1, -0.05) is 109 Å². The number of nitrogens with zero attached hydrogens (tertiary/aromatic N) is 3. The minimum atomic E-state index is 0.721. The van der Waals surface area contributed by atoms with Gasteiger partial charge >= 0.3 is 0 Å². The maximum atomic E-state index is 4.83. The third-order valence-electron chi connectivity index (χ3n) is 5.91. The molecule has 0 fully saturated rings. The largest absolute Gasteiger partial charge is 0.221 e. The highest BCUT2D eigenvalue weighted by Gasteiger charge is 2.19. The first-order valence-electron chi connectivity index (χ1n) is 11.0. The summed E-state index contributed by atoms with van der Waals surface area (Å²) in [6, 6.07) is 42.0. The second kappa shape index (κ2) is 8.21. The molecule has 3 heteroatoms. The number of pyridine rings is 1. The van der Waals surface area contributed by atoms with Crippen LogP contribution < -0.4 is 0 Å². The Balaban J connectivity index is 1.66. The molecule has 0 radical (unpaired) electrons. The Morgan fingerprint density at radius 3 is 1.64 bits per heavy atom. The predicted molar refractivity (Wildman–Crippen MR) is 135 cm³/mol. The Labute approximate surface area is 192 Å². The highest BCUT2D eigenvalue weighted by Crippen LogP contribution is 2.43. The highest BCUT2D eigenvalue weighted by molar-refractivity contribution is 5.98. The Morgan fingerprint density at radius 2 is 1.00 bits per heavy atom. The van der Waals surface area contributed by atoms with E-state index in [4.69, 9.17) is 10.1 Å². The van der Waals surface area contributed by atoms with E-state index in [1.807, 2.05) is 28.9 Å². The summed E-state index contributed by atoms with van der Waals surface area (Å²) < 4.78 is 1.83. The number of rotatable bonds is 4. The summed E-state index contributed by atoms with van der Waals surface area (Å²) in [7, 11) is 0. The molecule has 156 valence electrons. The molecule has 0 aliphatic carbocycles. The summed E-state index contributed by atoms with van der Waals surface area (Å²) in [5.74, 6) is 0.721. The van der Waals surface area contributed by atoms with Gasteiger partial charge in [0.1, 0.15) is 0 Å². The van der Waals surface area contributed by atoms with Crippen LogP contribution in [0, 0.1) is 0 Å². The van der Waals surface area contributed by atoms with Gasteiger partial charge in [-0.05, 0) is 45.5 Å². The van der Waals surface area contributed by atoms with Gasteiger partial charge in [-0.25, -0.2) is 9.50 Å². The zero-order valence-corrected chi connectivity index (χ0v) is 18.0. The standard InChI is InChI=1S/C30H21N3/c1-3-12-22(13-4-1)24-18-11-19-25(23-14-5-2-6-15-23)29(24)26-16-7-8-17-27(26)30-31-28-20-9-10-21-33(28)32-30/h1-21H. The van der Waals surface area contributed by atoms with Gasteiger partial charge in [0.05, 0.1) is 0 Å². The summed E-state index contributed by atoms with van der Waals surface area (Å²) >= 11 is 0. The Kier molecular flexibility index (Phi) is 4.78. The molecule has 6 rings (SSSR count). The molecule has 3 nitrogen and oxygen atoms in total. The van der Waals surface area contributed by atoms with Crippen LogP contribution in [-0.4, -0.2) is 14.6 Å². The lowest BCUT2D eigenvalue weighted by Gasteiger charge is -2.18. The van der Waals surface area contributed by atoms with E-state index >= 15 is 0 Å². The Morgan fingerprint density at radius 1 is 0.455 bits per heavy atom. The van der Waals surface area contributed by atoms with E-state index in [2.05, 4.69) is 103 Å². The monoisotopic (exact) mass is 423 g/mol. The second-order valence-electron chi connectivity index (χ2n) is 7.94. The summed E-state index contributed by atoms with van der Waals surface area (Å²) in [5, 5.41) is 4.78. The second-order valence-corrected chi connectivity index (χ2v) is 7.94. The first-order valence-corrected chi connectivity index (χ1v) is 11.0. The maximum absolute atomic E-state index is 4.83. The molecule has 0 N–H and O–H groups in total. The third-order valence-corrected chi connectivity index (χ3v) is 5.91. The lowest BCUT2D eigenvalue weighted by molar-refractivity contribution is 0.966. The molecule has 0 saturated carbocycles. The van der Waals surface area contributed by atoms with Gasteiger partial charge < -0.3 is 0 Å². The van der Waals surface area contributed by atoms with Gasteiger partial charge in [0, 0.05) is 11.8 Å². The van der Waals surface area contributed by atoms with Crippen LogP contribution in [0.4, 0.5) is 0 Å². The van der Waals surface area contributed by atoms with Gasteiger partial charge in [-0.15, -0.1) is 5.10 Å². The molecule has 0 unspecified atom stereocenters. The molecule has 0 aliphatic heterocycles. The minimum absolute atomic E-state index is 0.721. The molecule has 4 aromatic carbocycles. The van der Waals surface area contributed by atoms with Crippen molar-refractivity contribution in [2.24, 2.45) is 0 Å². The predicted octanol–water partition coefficient (Wildman–Crippen LogP) is 7.40. The van der Waals surface area contributed by atoms with Crippen molar-refractivity contribution >= 4 is 5.65 Å².